The van der Waals surface area contributed by atoms with Crippen molar-refractivity contribution in [1.82, 2.24) is 0 Å². The zero-order valence-corrected chi connectivity index (χ0v) is 7.34. The van der Waals surface area contributed by atoms with Gasteiger partial charge in [-0.25, -0.2) is 0 Å². The molecule has 0 fully saturated rings. The van der Waals surface area contributed by atoms with E-state index in [2.05, 4.69) is 13.8 Å². The number of nitrogens with two attached hydrogens (primary N) is 2. The molecular weight excluding hydrogens is 140 g/mol. The first-order chi connectivity index (χ1) is 5.02. The highest BCUT2D eigenvalue weighted by atomic mass is 16.1. The number of carbonyl (C=O) groups excluding carboxylic acids is 1. The molecule has 0 aliphatic rings. The van der Waals surface area contributed by atoms with Crippen LogP contribution in [0.5, 0.6) is 0 Å². The number of amides is 1. The summed E-state index contributed by atoms with van der Waals surface area (Å²) in [4.78, 5) is 10.4. The fourth-order valence-corrected chi connectivity index (χ4v) is 0.908. The highest BCUT2D eigenvalue weighted by molar-refractivity contribution is 5.74. The van der Waals surface area contributed by atoms with Crippen molar-refractivity contribution in [1.29, 1.82) is 0 Å². The number of rotatable bonds is 5. The molecule has 0 saturated heterocycles. The van der Waals surface area contributed by atoms with Crippen molar-refractivity contribution >= 4 is 5.91 Å². The summed E-state index contributed by atoms with van der Waals surface area (Å²) in [5, 5.41) is 0. The molecule has 4 N–H and O–H groups in total. The lowest BCUT2D eigenvalue weighted by Gasteiger charge is -2.10. The van der Waals surface area contributed by atoms with Crippen LogP contribution in [0.4, 0.5) is 0 Å². The largest absolute Gasteiger partial charge is 0.370 e. The topological polar surface area (TPSA) is 69.1 Å². The smallest absolute Gasteiger partial charge is 0.218 e. The second kappa shape index (κ2) is 5.13. The molecule has 3 nitrogen and oxygen atoms in total. The van der Waals surface area contributed by atoms with E-state index in [4.69, 9.17) is 11.5 Å². The second-order valence-electron chi connectivity index (χ2n) is 3.40. The van der Waals surface area contributed by atoms with Crippen molar-refractivity contribution in [2.24, 2.45) is 17.4 Å². The van der Waals surface area contributed by atoms with Gasteiger partial charge in [-0.15, -0.1) is 0 Å². The highest BCUT2D eigenvalue weighted by Gasteiger charge is 2.06. The summed E-state index contributed by atoms with van der Waals surface area (Å²) in [5.74, 6) is 0.343. The van der Waals surface area contributed by atoms with Crippen LogP contribution in [0.1, 0.15) is 33.1 Å². The van der Waals surface area contributed by atoms with E-state index in [1.54, 1.807) is 0 Å². The molecule has 1 unspecified atom stereocenters. The van der Waals surface area contributed by atoms with Crippen molar-refractivity contribution in [2.75, 3.05) is 0 Å². The van der Waals surface area contributed by atoms with Crippen LogP contribution >= 0.6 is 0 Å². The van der Waals surface area contributed by atoms with Crippen molar-refractivity contribution < 1.29 is 4.79 Å². The fraction of sp³-hybridized carbons (Fsp3) is 0.875. The highest BCUT2D eigenvalue weighted by Crippen LogP contribution is 2.06. The Bertz CT molecular complexity index is 123. The third-order valence-corrected chi connectivity index (χ3v) is 1.58. The maximum absolute atomic E-state index is 10.4. The Kier molecular flexibility index (Phi) is 4.86. The van der Waals surface area contributed by atoms with E-state index in [0.717, 1.165) is 12.8 Å². The lowest BCUT2D eigenvalue weighted by molar-refractivity contribution is -0.118. The summed E-state index contributed by atoms with van der Waals surface area (Å²) in [6.45, 7) is 4.27. The van der Waals surface area contributed by atoms with Crippen LogP contribution in [0.3, 0.4) is 0 Å². The Balaban J connectivity index is 3.37. The molecule has 0 rings (SSSR count). The van der Waals surface area contributed by atoms with Crippen LogP contribution < -0.4 is 11.5 Å². The fourth-order valence-electron chi connectivity index (χ4n) is 0.908. The lowest BCUT2D eigenvalue weighted by atomic mass is 10.0. The average molecular weight is 158 g/mol. The zero-order chi connectivity index (χ0) is 8.85. The van der Waals surface area contributed by atoms with E-state index >= 15 is 0 Å². The molecule has 0 aromatic carbocycles. The number of hydrogen-bond acceptors (Lipinski definition) is 2. The van der Waals surface area contributed by atoms with Crippen molar-refractivity contribution in [3.8, 4) is 0 Å². The van der Waals surface area contributed by atoms with Crippen LogP contribution in [-0.4, -0.2) is 11.9 Å². The quantitative estimate of drug-likeness (QED) is 0.616. The summed E-state index contributed by atoms with van der Waals surface area (Å²) >= 11 is 0. The standard InChI is InChI=1S/C8H18N2O/c1-6(2)3-4-7(9)5-8(10)11/h6-7H,3-5,9H2,1-2H3,(H2,10,11). The van der Waals surface area contributed by atoms with Gasteiger partial charge in [0, 0.05) is 12.5 Å². The third kappa shape index (κ3) is 7.33. The normalized spacial score (nSPS) is 13.5. The average Bonchev–Trinajstić information content (AvgIpc) is 1.82. The van der Waals surface area contributed by atoms with Crippen LogP contribution in [0.15, 0.2) is 0 Å². The molecule has 0 aromatic heterocycles. The summed E-state index contributed by atoms with van der Waals surface area (Å²) in [7, 11) is 0. The lowest BCUT2D eigenvalue weighted by Crippen LogP contribution is -2.27. The van der Waals surface area contributed by atoms with Crippen LogP contribution in [0.2, 0.25) is 0 Å². The van der Waals surface area contributed by atoms with Gasteiger partial charge in [0.2, 0.25) is 5.91 Å². The van der Waals surface area contributed by atoms with E-state index in [-0.39, 0.29) is 11.9 Å². The molecule has 11 heavy (non-hydrogen) atoms. The third-order valence-electron chi connectivity index (χ3n) is 1.58. The van der Waals surface area contributed by atoms with Crippen LogP contribution in [0, 0.1) is 5.92 Å². The molecule has 0 bridgehead atoms. The first-order valence-electron chi connectivity index (χ1n) is 4.06. The minimum Gasteiger partial charge on any atom is -0.370 e. The van der Waals surface area contributed by atoms with Gasteiger partial charge < -0.3 is 11.5 Å². The van der Waals surface area contributed by atoms with Crippen molar-refractivity contribution in [3.05, 3.63) is 0 Å². The number of carbonyl (C=O) groups is 1. The van der Waals surface area contributed by atoms with Gasteiger partial charge in [0.1, 0.15) is 0 Å². The van der Waals surface area contributed by atoms with E-state index in [0.29, 0.717) is 12.3 Å². The molecule has 0 heterocycles. The van der Waals surface area contributed by atoms with Gasteiger partial charge in [-0.05, 0) is 18.8 Å². The molecule has 0 saturated carbocycles. The van der Waals surface area contributed by atoms with Crippen molar-refractivity contribution in [3.63, 3.8) is 0 Å². The summed E-state index contributed by atoms with van der Waals surface area (Å²) in [6, 6.07) is -0.0464. The molecule has 1 atom stereocenters. The first-order valence-corrected chi connectivity index (χ1v) is 4.06. The van der Waals surface area contributed by atoms with Gasteiger partial charge in [0.15, 0.2) is 0 Å². The maximum atomic E-state index is 10.4. The molecule has 3 heteroatoms. The maximum Gasteiger partial charge on any atom is 0.218 e. The Hall–Kier alpha value is -0.570. The molecule has 0 radical (unpaired) electrons. The predicted octanol–water partition coefficient (Wildman–Crippen LogP) is 0.625. The molecule has 0 aliphatic carbocycles. The Labute approximate surface area is 68.1 Å². The molecule has 66 valence electrons. The molecule has 0 aliphatic heterocycles. The van der Waals surface area contributed by atoms with Gasteiger partial charge in [0.25, 0.3) is 0 Å². The minimum absolute atomic E-state index is 0.0464. The van der Waals surface area contributed by atoms with Gasteiger partial charge in [0.05, 0.1) is 0 Å². The van der Waals surface area contributed by atoms with E-state index in [1.165, 1.54) is 0 Å². The summed E-state index contributed by atoms with van der Waals surface area (Å²) < 4.78 is 0. The van der Waals surface area contributed by atoms with Gasteiger partial charge in [-0.1, -0.05) is 13.8 Å². The SMILES string of the molecule is CC(C)CCC(N)CC(N)=O. The Morgan fingerprint density at radius 2 is 1.91 bits per heavy atom. The van der Waals surface area contributed by atoms with Gasteiger partial charge in [-0.3, -0.25) is 4.79 Å². The first kappa shape index (κ1) is 10.4. The van der Waals surface area contributed by atoms with Crippen molar-refractivity contribution in [2.45, 2.75) is 39.2 Å². The molecule has 0 spiro atoms. The molecule has 0 aromatic rings. The van der Waals surface area contributed by atoms with Gasteiger partial charge >= 0.3 is 0 Å². The number of primary amides is 1. The zero-order valence-electron chi connectivity index (χ0n) is 7.34. The van der Waals surface area contributed by atoms with E-state index in [1.807, 2.05) is 0 Å². The summed E-state index contributed by atoms with van der Waals surface area (Å²) in [6.07, 6.45) is 2.27. The van der Waals surface area contributed by atoms with Crippen LogP contribution in [0.25, 0.3) is 0 Å². The molecule has 1 amide bonds. The van der Waals surface area contributed by atoms with E-state index < -0.39 is 0 Å². The van der Waals surface area contributed by atoms with Crippen LogP contribution in [-0.2, 0) is 4.79 Å². The second-order valence-corrected chi connectivity index (χ2v) is 3.40. The van der Waals surface area contributed by atoms with Gasteiger partial charge in [-0.2, -0.15) is 0 Å². The molecular formula is C8H18N2O. The minimum atomic E-state index is -0.304. The predicted molar refractivity (Wildman–Crippen MR) is 45.9 cm³/mol. The Morgan fingerprint density at radius 3 is 2.27 bits per heavy atom. The Morgan fingerprint density at radius 1 is 1.36 bits per heavy atom. The monoisotopic (exact) mass is 158 g/mol. The summed E-state index contributed by atoms with van der Waals surface area (Å²) in [5.41, 5.74) is 10.6. The van der Waals surface area contributed by atoms with E-state index in [9.17, 15) is 4.79 Å². The number of hydrogen-bond donors (Lipinski definition) is 2.